The van der Waals surface area contributed by atoms with Crippen LogP contribution in [0.4, 0.5) is 5.13 Å². The first-order valence-electron chi connectivity index (χ1n) is 13.5. The van der Waals surface area contributed by atoms with Gasteiger partial charge in [0.25, 0.3) is 5.78 Å². The number of Topliss-reactive ketones (excluding diaryl/α,β-unsaturated/α-hetero) is 1. The van der Waals surface area contributed by atoms with E-state index in [1.807, 2.05) is 61.5 Å². The zero-order valence-corrected chi connectivity index (χ0v) is 25.8. The lowest BCUT2D eigenvalue weighted by Gasteiger charge is -2.23. The van der Waals surface area contributed by atoms with E-state index in [1.54, 1.807) is 18.2 Å². The maximum absolute atomic E-state index is 13.6. The predicted octanol–water partition coefficient (Wildman–Crippen LogP) is 7.84. The number of benzene rings is 3. The van der Waals surface area contributed by atoms with Crippen molar-refractivity contribution in [3.8, 4) is 5.75 Å². The summed E-state index contributed by atoms with van der Waals surface area (Å²) in [6.07, 6.45) is 0.884. The maximum Gasteiger partial charge on any atom is 0.301 e. The van der Waals surface area contributed by atoms with Crippen molar-refractivity contribution in [2.24, 2.45) is 5.92 Å². The summed E-state index contributed by atoms with van der Waals surface area (Å²) >= 11 is 8.96. The van der Waals surface area contributed by atoms with Crippen LogP contribution in [0.25, 0.3) is 5.76 Å². The number of hydrogen-bond donors (Lipinski definition) is 1. The number of carbonyl (C=O) groups is 2. The van der Waals surface area contributed by atoms with E-state index in [1.165, 1.54) is 28.0 Å². The summed E-state index contributed by atoms with van der Waals surface area (Å²) in [5, 5.41) is 20.9. The molecule has 0 radical (unpaired) electrons. The Labute approximate surface area is 258 Å². The fourth-order valence-electron chi connectivity index (χ4n) is 4.51. The lowest BCUT2D eigenvalue weighted by molar-refractivity contribution is -0.132. The van der Waals surface area contributed by atoms with E-state index >= 15 is 0 Å². The molecule has 0 bridgehead atoms. The number of aromatic nitrogens is 2. The normalized spacial score (nSPS) is 16.4. The Morgan fingerprint density at radius 1 is 1.07 bits per heavy atom. The summed E-state index contributed by atoms with van der Waals surface area (Å²) in [7, 11) is 0. The molecule has 7 nitrogen and oxygen atoms in total. The largest absolute Gasteiger partial charge is 0.507 e. The molecule has 1 saturated heterocycles. The number of amides is 1. The first-order valence-corrected chi connectivity index (χ1v) is 15.7. The van der Waals surface area contributed by atoms with Crippen LogP contribution in [0.5, 0.6) is 5.75 Å². The fourth-order valence-corrected chi connectivity index (χ4v) is 6.67. The second-order valence-electron chi connectivity index (χ2n) is 10.4. The lowest BCUT2D eigenvalue weighted by Crippen LogP contribution is -2.29. The Morgan fingerprint density at radius 3 is 2.57 bits per heavy atom. The standard InChI is InChI=1S/C32H30ClN3O4S2/c1-19(2)15-16-40-24-9-6-8-22(17-24)27-26(28(37)21-13-11-20(3)12-14-21)29(38)30(39)36(27)31-34-35-32(42-31)41-18-23-7-4-5-10-25(23)33/h4-14,17,19,27,37H,15-16,18H2,1-3H3. The summed E-state index contributed by atoms with van der Waals surface area (Å²) in [6, 6.07) is 21.1. The minimum absolute atomic E-state index is 0.0105. The average molecular weight is 620 g/mol. The van der Waals surface area contributed by atoms with Gasteiger partial charge in [-0.3, -0.25) is 14.5 Å². The number of ether oxygens (including phenoxy) is 1. The third kappa shape index (κ3) is 6.53. The van der Waals surface area contributed by atoms with Crippen LogP contribution in [0.1, 0.15) is 48.6 Å². The molecule has 1 unspecified atom stereocenters. The van der Waals surface area contributed by atoms with Crippen LogP contribution in [0.2, 0.25) is 5.02 Å². The van der Waals surface area contributed by atoms with Crippen molar-refractivity contribution < 1.29 is 19.4 Å². The molecule has 1 atom stereocenters. The number of aryl methyl sites for hydroxylation is 1. The van der Waals surface area contributed by atoms with Gasteiger partial charge in [-0.1, -0.05) is 109 Å². The van der Waals surface area contributed by atoms with Gasteiger partial charge in [0.1, 0.15) is 11.5 Å². The number of aliphatic hydroxyl groups is 1. The molecule has 1 fully saturated rings. The van der Waals surface area contributed by atoms with E-state index in [4.69, 9.17) is 16.3 Å². The zero-order valence-electron chi connectivity index (χ0n) is 23.4. The van der Waals surface area contributed by atoms with Crippen LogP contribution in [0.3, 0.4) is 0 Å². The predicted molar refractivity (Wildman–Crippen MR) is 168 cm³/mol. The van der Waals surface area contributed by atoms with Gasteiger partial charge in [0.2, 0.25) is 5.13 Å². The third-order valence-electron chi connectivity index (χ3n) is 6.82. The molecular formula is C32H30ClN3O4S2. The first-order chi connectivity index (χ1) is 20.2. The maximum atomic E-state index is 13.6. The van der Waals surface area contributed by atoms with Gasteiger partial charge in [-0.15, -0.1) is 10.2 Å². The average Bonchev–Trinajstić information content (AvgIpc) is 3.54. The molecule has 1 N–H and O–H groups in total. The molecule has 216 valence electrons. The Hall–Kier alpha value is -3.66. The van der Waals surface area contributed by atoms with Crippen LogP contribution in [-0.4, -0.2) is 33.6 Å². The molecule has 2 heterocycles. The van der Waals surface area contributed by atoms with Gasteiger partial charge < -0.3 is 9.84 Å². The lowest BCUT2D eigenvalue weighted by atomic mass is 9.95. The number of thioether (sulfide) groups is 1. The minimum atomic E-state index is -0.922. The van der Waals surface area contributed by atoms with E-state index in [0.29, 0.717) is 44.5 Å². The van der Waals surface area contributed by atoms with Crippen LogP contribution < -0.4 is 9.64 Å². The van der Waals surface area contributed by atoms with Crippen LogP contribution in [0, 0.1) is 12.8 Å². The van der Waals surface area contributed by atoms with E-state index in [9.17, 15) is 14.7 Å². The highest BCUT2D eigenvalue weighted by atomic mass is 35.5. The molecular weight excluding hydrogens is 590 g/mol. The highest BCUT2D eigenvalue weighted by molar-refractivity contribution is 8.00. The molecule has 1 aliphatic rings. The van der Waals surface area contributed by atoms with Crippen LogP contribution >= 0.6 is 34.7 Å². The number of hydrogen-bond acceptors (Lipinski definition) is 8. The van der Waals surface area contributed by atoms with Gasteiger partial charge in [0.15, 0.2) is 4.34 Å². The van der Waals surface area contributed by atoms with E-state index < -0.39 is 17.7 Å². The number of nitrogens with zero attached hydrogens (tertiary/aromatic N) is 3. The number of rotatable bonds is 10. The van der Waals surface area contributed by atoms with Crippen molar-refractivity contribution in [2.75, 3.05) is 11.5 Å². The van der Waals surface area contributed by atoms with E-state index in [-0.39, 0.29) is 16.5 Å². The highest BCUT2D eigenvalue weighted by Gasteiger charge is 2.48. The quantitative estimate of drug-likeness (QED) is 0.0635. The SMILES string of the molecule is Cc1ccc(C(O)=C2C(=O)C(=O)N(c3nnc(SCc4ccccc4Cl)s3)C2c2cccc(OCCC(C)C)c2)cc1. The Morgan fingerprint density at radius 2 is 1.83 bits per heavy atom. The van der Waals surface area contributed by atoms with Gasteiger partial charge in [-0.2, -0.15) is 0 Å². The molecule has 0 saturated carbocycles. The number of carbonyl (C=O) groups excluding carboxylic acids is 2. The van der Waals surface area contributed by atoms with Crippen LogP contribution in [-0.2, 0) is 15.3 Å². The summed E-state index contributed by atoms with van der Waals surface area (Å²) in [5.41, 5.74) is 3.01. The molecule has 5 rings (SSSR count). The van der Waals surface area contributed by atoms with Gasteiger partial charge in [0, 0.05) is 16.3 Å². The van der Waals surface area contributed by atoms with Crippen molar-refractivity contribution in [3.63, 3.8) is 0 Å². The summed E-state index contributed by atoms with van der Waals surface area (Å²) in [5.74, 6) is -0.146. The minimum Gasteiger partial charge on any atom is -0.507 e. The number of halogens is 1. The number of ketones is 1. The molecule has 1 amide bonds. The Balaban J connectivity index is 1.53. The summed E-state index contributed by atoms with van der Waals surface area (Å²) in [4.78, 5) is 28.4. The van der Waals surface area contributed by atoms with Crippen molar-refractivity contribution in [1.29, 1.82) is 0 Å². The second kappa shape index (κ2) is 13.1. The van der Waals surface area contributed by atoms with Gasteiger partial charge in [-0.25, -0.2) is 0 Å². The smallest absolute Gasteiger partial charge is 0.301 e. The molecule has 42 heavy (non-hydrogen) atoms. The van der Waals surface area contributed by atoms with Gasteiger partial charge in [0.05, 0.1) is 18.2 Å². The van der Waals surface area contributed by atoms with Gasteiger partial charge >= 0.3 is 5.91 Å². The summed E-state index contributed by atoms with van der Waals surface area (Å²) < 4.78 is 6.61. The molecule has 4 aromatic rings. The van der Waals surface area contributed by atoms with Crippen LogP contribution in [0.15, 0.2) is 82.7 Å². The van der Waals surface area contributed by atoms with E-state index in [0.717, 1.165) is 17.5 Å². The monoisotopic (exact) mass is 619 g/mol. The molecule has 1 aromatic heterocycles. The molecule has 3 aromatic carbocycles. The molecule has 10 heteroatoms. The topological polar surface area (TPSA) is 92.6 Å². The third-order valence-corrected chi connectivity index (χ3v) is 9.29. The number of aliphatic hydroxyl groups excluding tert-OH is 1. The Bertz CT molecular complexity index is 1630. The number of anilines is 1. The summed E-state index contributed by atoms with van der Waals surface area (Å²) in [6.45, 7) is 6.72. The highest BCUT2D eigenvalue weighted by Crippen LogP contribution is 2.44. The zero-order chi connectivity index (χ0) is 29.8. The fraction of sp³-hybridized carbons (Fsp3) is 0.250. The Kier molecular flexibility index (Phi) is 9.30. The van der Waals surface area contributed by atoms with Gasteiger partial charge in [-0.05, 0) is 48.6 Å². The van der Waals surface area contributed by atoms with Crippen molar-refractivity contribution in [3.05, 3.63) is 106 Å². The molecule has 0 spiro atoms. The molecule has 0 aliphatic carbocycles. The molecule has 1 aliphatic heterocycles. The van der Waals surface area contributed by atoms with Crippen molar-refractivity contribution in [2.45, 2.75) is 43.3 Å². The van der Waals surface area contributed by atoms with Crippen molar-refractivity contribution >= 4 is 57.3 Å². The van der Waals surface area contributed by atoms with E-state index in [2.05, 4.69) is 24.0 Å². The van der Waals surface area contributed by atoms with Crippen molar-refractivity contribution in [1.82, 2.24) is 10.2 Å². The second-order valence-corrected chi connectivity index (χ2v) is 13.0. The first kappa shape index (κ1) is 29.8.